The Balaban J connectivity index is 2.46. The summed E-state index contributed by atoms with van der Waals surface area (Å²) in [5.74, 6) is -0.942. The maximum absolute atomic E-state index is 13.6. The standard InChI is InChI=1S/C16H13FO3/c1-20-13-8-6-11(7-9-13)14(16(18)19)10-12-4-2-3-5-15(12)17/h2-10H,1H3,(H,18,19). The van der Waals surface area contributed by atoms with E-state index in [9.17, 15) is 14.3 Å². The first-order valence-corrected chi connectivity index (χ1v) is 5.96. The number of methoxy groups -OCH3 is 1. The van der Waals surface area contributed by atoms with E-state index in [0.717, 1.165) is 0 Å². The van der Waals surface area contributed by atoms with E-state index in [1.54, 1.807) is 36.4 Å². The van der Waals surface area contributed by atoms with E-state index < -0.39 is 11.8 Å². The fourth-order valence-electron chi connectivity index (χ4n) is 1.79. The first-order chi connectivity index (χ1) is 9.61. The van der Waals surface area contributed by atoms with Crippen LogP contribution in [0.25, 0.3) is 11.6 Å². The Labute approximate surface area is 115 Å². The molecule has 0 amide bonds. The molecule has 0 spiro atoms. The lowest BCUT2D eigenvalue weighted by Gasteiger charge is -2.05. The van der Waals surface area contributed by atoms with Crippen LogP contribution in [0.2, 0.25) is 0 Å². The molecule has 2 rings (SSSR count). The number of rotatable bonds is 4. The lowest BCUT2D eigenvalue weighted by atomic mass is 10.0. The smallest absolute Gasteiger partial charge is 0.336 e. The second-order valence-electron chi connectivity index (χ2n) is 4.11. The third kappa shape index (κ3) is 3.03. The van der Waals surface area contributed by atoms with Crippen LogP contribution in [0.3, 0.4) is 0 Å². The molecule has 0 bridgehead atoms. The molecule has 0 aliphatic heterocycles. The molecular weight excluding hydrogens is 259 g/mol. The van der Waals surface area contributed by atoms with Gasteiger partial charge < -0.3 is 9.84 Å². The number of halogens is 1. The van der Waals surface area contributed by atoms with Gasteiger partial charge in [0.2, 0.25) is 0 Å². The minimum absolute atomic E-state index is 0.0257. The summed E-state index contributed by atoms with van der Waals surface area (Å²) in [7, 11) is 1.53. The number of ether oxygens (including phenoxy) is 1. The van der Waals surface area contributed by atoms with Gasteiger partial charge in [0.15, 0.2) is 0 Å². The highest BCUT2D eigenvalue weighted by atomic mass is 19.1. The third-order valence-corrected chi connectivity index (χ3v) is 2.84. The van der Waals surface area contributed by atoms with Gasteiger partial charge in [0.25, 0.3) is 0 Å². The van der Waals surface area contributed by atoms with Gasteiger partial charge in [-0.2, -0.15) is 0 Å². The molecule has 0 saturated carbocycles. The van der Waals surface area contributed by atoms with Gasteiger partial charge in [0.1, 0.15) is 11.6 Å². The normalized spacial score (nSPS) is 11.2. The summed E-state index contributed by atoms with van der Waals surface area (Å²) < 4.78 is 18.6. The molecule has 0 fully saturated rings. The summed E-state index contributed by atoms with van der Waals surface area (Å²) in [6, 6.07) is 12.6. The number of aliphatic carboxylic acids is 1. The maximum Gasteiger partial charge on any atom is 0.336 e. The van der Waals surface area contributed by atoms with E-state index >= 15 is 0 Å². The largest absolute Gasteiger partial charge is 0.497 e. The zero-order chi connectivity index (χ0) is 14.5. The van der Waals surface area contributed by atoms with Crippen molar-refractivity contribution in [1.82, 2.24) is 0 Å². The molecule has 0 aromatic heterocycles. The number of benzene rings is 2. The van der Waals surface area contributed by atoms with Crippen LogP contribution < -0.4 is 4.74 Å². The van der Waals surface area contributed by atoms with E-state index in [4.69, 9.17) is 4.74 Å². The van der Waals surface area contributed by atoms with Gasteiger partial charge in [-0.3, -0.25) is 0 Å². The molecule has 0 saturated heterocycles. The SMILES string of the molecule is COc1ccc(C(=Cc2ccccc2F)C(=O)O)cc1. The summed E-state index contributed by atoms with van der Waals surface area (Å²) in [6.45, 7) is 0. The van der Waals surface area contributed by atoms with E-state index in [1.165, 1.54) is 25.3 Å². The number of carboxylic acids is 1. The van der Waals surface area contributed by atoms with Crippen molar-refractivity contribution in [3.8, 4) is 5.75 Å². The highest BCUT2D eigenvalue weighted by Gasteiger charge is 2.11. The topological polar surface area (TPSA) is 46.5 Å². The fourth-order valence-corrected chi connectivity index (χ4v) is 1.79. The van der Waals surface area contributed by atoms with Crippen LogP contribution in [0.1, 0.15) is 11.1 Å². The number of hydrogen-bond donors (Lipinski definition) is 1. The molecular formula is C16H13FO3. The Morgan fingerprint density at radius 1 is 1.15 bits per heavy atom. The van der Waals surface area contributed by atoms with Gasteiger partial charge in [-0.05, 0) is 29.8 Å². The highest BCUT2D eigenvalue weighted by Crippen LogP contribution is 2.22. The Hall–Kier alpha value is -2.62. The average Bonchev–Trinajstić information content (AvgIpc) is 2.46. The van der Waals surface area contributed by atoms with Crippen LogP contribution >= 0.6 is 0 Å². The second kappa shape index (κ2) is 6.02. The second-order valence-corrected chi connectivity index (χ2v) is 4.11. The van der Waals surface area contributed by atoms with Crippen molar-refractivity contribution in [2.75, 3.05) is 7.11 Å². The Morgan fingerprint density at radius 3 is 2.35 bits per heavy atom. The average molecular weight is 272 g/mol. The van der Waals surface area contributed by atoms with Crippen LogP contribution in [0.5, 0.6) is 5.75 Å². The minimum atomic E-state index is -1.11. The van der Waals surface area contributed by atoms with Gasteiger partial charge in [-0.1, -0.05) is 30.3 Å². The Morgan fingerprint density at radius 2 is 1.80 bits per heavy atom. The van der Waals surface area contributed by atoms with Crippen LogP contribution in [0.4, 0.5) is 4.39 Å². The van der Waals surface area contributed by atoms with Crippen LogP contribution in [0, 0.1) is 5.82 Å². The molecule has 0 heterocycles. The maximum atomic E-state index is 13.6. The number of hydrogen-bond acceptors (Lipinski definition) is 2. The van der Waals surface area contributed by atoms with Gasteiger partial charge in [-0.25, -0.2) is 9.18 Å². The summed E-state index contributed by atoms with van der Waals surface area (Å²) in [5.41, 5.74) is 0.750. The molecule has 2 aromatic carbocycles. The molecule has 1 N–H and O–H groups in total. The molecule has 3 nitrogen and oxygen atoms in total. The van der Waals surface area contributed by atoms with Gasteiger partial charge in [-0.15, -0.1) is 0 Å². The molecule has 4 heteroatoms. The van der Waals surface area contributed by atoms with Crippen LogP contribution in [0.15, 0.2) is 48.5 Å². The molecule has 102 valence electrons. The van der Waals surface area contributed by atoms with E-state index in [0.29, 0.717) is 11.3 Å². The molecule has 0 aliphatic carbocycles. The first-order valence-electron chi connectivity index (χ1n) is 5.96. The Kier molecular flexibility index (Phi) is 4.15. The minimum Gasteiger partial charge on any atom is -0.497 e. The molecule has 0 radical (unpaired) electrons. The van der Waals surface area contributed by atoms with Crippen molar-refractivity contribution in [2.24, 2.45) is 0 Å². The molecule has 2 aromatic rings. The molecule has 0 aliphatic rings. The third-order valence-electron chi connectivity index (χ3n) is 2.84. The predicted octanol–water partition coefficient (Wildman–Crippen LogP) is 3.46. The van der Waals surface area contributed by atoms with Crippen LogP contribution in [-0.2, 0) is 4.79 Å². The van der Waals surface area contributed by atoms with Crippen molar-refractivity contribution in [3.63, 3.8) is 0 Å². The van der Waals surface area contributed by atoms with Crippen LogP contribution in [-0.4, -0.2) is 18.2 Å². The number of carboxylic acid groups (broad SMARTS) is 1. The van der Waals surface area contributed by atoms with Crippen molar-refractivity contribution in [1.29, 1.82) is 0 Å². The van der Waals surface area contributed by atoms with Crippen molar-refractivity contribution in [3.05, 3.63) is 65.5 Å². The lowest BCUT2D eigenvalue weighted by molar-refractivity contribution is -0.130. The van der Waals surface area contributed by atoms with E-state index in [2.05, 4.69) is 0 Å². The summed E-state index contributed by atoms with van der Waals surface area (Å²) in [6.07, 6.45) is 1.32. The monoisotopic (exact) mass is 272 g/mol. The Bertz CT molecular complexity index is 645. The van der Waals surface area contributed by atoms with Gasteiger partial charge in [0.05, 0.1) is 12.7 Å². The summed E-state index contributed by atoms with van der Waals surface area (Å²) >= 11 is 0. The summed E-state index contributed by atoms with van der Waals surface area (Å²) in [5, 5.41) is 9.28. The number of carbonyl (C=O) groups is 1. The quantitative estimate of drug-likeness (QED) is 0.685. The van der Waals surface area contributed by atoms with Gasteiger partial charge >= 0.3 is 5.97 Å². The van der Waals surface area contributed by atoms with Gasteiger partial charge in [0, 0.05) is 5.56 Å². The molecule has 20 heavy (non-hydrogen) atoms. The lowest BCUT2D eigenvalue weighted by Crippen LogP contribution is -2.00. The predicted molar refractivity (Wildman–Crippen MR) is 74.9 cm³/mol. The zero-order valence-corrected chi connectivity index (χ0v) is 10.8. The molecule has 0 atom stereocenters. The van der Waals surface area contributed by atoms with Crippen molar-refractivity contribution in [2.45, 2.75) is 0 Å². The first kappa shape index (κ1) is 13.8. The zero-order valence-electron chi connectivity index (χ0n) is 10.8. The fraction of sp³-hybridized carbons (Fsp3) is 0.0625. The highest BCUT2D eigenvalue weighted by molar-refractivity contribution is 6.20. The van der Waals surface area contributed by atoms with Crippen molar-refractivity contribution < 1.29 is 19.0 Å². The molecule has 0 unspecified atom stereocenters. The van der Waals surface area contributed by atoms with Crippen molar-refractivity contribution >= 4 is 17.6 Å². The van der Waals surface area contributed by atoms with E-state index in [1.807, 2.05) is 0 Å². The summed E-state index contributed by atoms with van der Waals surface area (Å²) in [4.78, 5) is 11.3. The van der Waals surface area contributed by atoms with E-state index in [-0.39, 0.29) is 11.1 Å².